The molecule has 0 N–H and O–H groups in total. The number of allylic oxidation sites excluding steroid dienone is 1. The molecular weight excluding hydrogens is 283 g/mol. The first-order valence-corrected chi connectivity index (χ1v) is 12.1. The normalized spacial score (nSPS) is 13.8. The Balaban J connectivity index is 3.12. The van der Waals surface area contributed by atoms with Gasteiger partial charge in [-0.3, -0.25) is 0 Å². The zero-order valence-electron chi connectivity index (χ0n) is 15.1. The van der Waals surface area contributed by atoms with Crippen molar-refractivity contribution in [3.05, 3.63) is 48.6 Å². The predicted molar refractivity (Wildman–Crippen MR) is 107 cm³/mol. The minimum absolute atomic E-state index is 0.637. The number of rotatable bonds is 12. The van der Waals surface area contributed by atoms with Gasteiger partial charge in [0.05, 0.1) is 0 Å². The molecule has 0 nitrogen and oxygen atoms in total. The average Bonchev–Trinajstić information content (AvgIpc) is 2.57. The molecule has 1 aromatic carbocycles. The van der Waals surface area contributed by atoms with E-state index in [4.69, 9.17) is 0 Å². The van der Waals surface area contributed by atoms with E-state index in [2.05, 4.69) is 63.8 Å². The summed E-state index contributed by atoms with van der Waals surface area (Å²) in [5.41, 5.74) is 2.16. The average molecular weight is 321 g/mol. The van der Waals surface area contributed by atoms with Crippen molar-refractivity contribution in [2.45, 2.75) is 65.0 Å². The molecule has 0 bridgehead atoms. The van der Waals surface area contributed by atoms with E-state index in [0.29, 0.717) is 5.66 Å². The van der Waals surface area contributed by atoms with Crippen molar-refractivity contribution in [3.8, 4) is 0 Å². The molecule has 0 saturated carbocycles. The molecule has 126 valence electrons. The molecule has 0 amide bonds. The monoisotopic (exact) mass is 320 g/mol. The van der Waals surface area contributed by atoms with Gasteiger partial charge in [-0.25, -0.2) is 0 Å². The molecule has 0 radical (unpaired) electrons. The maximum atomic E-state index is 4.26. The van der Waals surface area contributed by atoms with Crippen molar-refractivity contribution < 1.29 is 0 Å². The molecule has 0 aliphatic heterocycles. The van der Waals surface area contributed by atoms with Gasteiger partial charge in [0.25, 0.3) is 0 Å². The fourth-order valence-electron chi connectivity index (χ4n) is 3.83. The molecule has 1 aromatic rings. The van der Waals surface area contributed by atoms with Crippen molar-refractivity contribution in [1.82, 2.24) is 0 Å². The number of hydrogen-bond acceptors (Lipinski definition) is 0. The van der Waals surface area contributed by atoms with Gasteiger partial charge in [-0.15, -0.1) is 0 Å². The molecule has 0 aliphatic rings. The van der Waals surface area contributed by atoms with Crippen LogP contribution in [0.1, 0.15) is 70.5 Å². The minimum atomic E-state index is -1.35. The van der Waals surface area contributed by atoms with E-state index in [1.54, 1.807) is 0 Å². The van der Waals surface area contributed by atoms with Crippen LogP contribution >= 0.6 is 7.26 Å². The Kier molecular flexibility index (Phi) is 9.73. The molecule has 0 heterocycles. The van der Waals surface area contributed by atoms with Crippen LogP contribution < -0.4 is 0 Å². The second-order valence-electron chi connectivity index (χ2n) is 6.80. The first-order valence-electron chi connectivity index (χ1n) is 9.41. The summed E-state index contributed by atoms with van der Waals surface area (Å²) >= 11 is 0. The van der Waals surface area contributed by atoms with Crippen LogP contribution in [0.2, 0.25) is 0 Å². The second-order valence-corrected chi connectivity index (χ2v) is 11.6. The number of benzene rings is 1. The predicted octanol–water partition coefficient (Wildman–Crippen LogP) is 7.06. The molecule has 1 atom stereocenters. The van der Waals surface area contributed by atoms with Gasteiger partial charge in [-0.1, -0.05) is 0 Å². The Hall–Kier alpha value is -0.610. The molecular formula is C21H37P. The van der Waals surface area contributed by atoms with Gasteiger partial charge >= 0.3 is 139 Å². The van der Waals surface area contributed by atoms with Crippen LogP contribution in [0.25, 0.3) is 0 Å². The van der Waals surface area contributed by atoms with Gasteiger partial charge < -0.3 is 0 Å². The Morgan fingerprint density at radius 3 is 1.68 bits per heavy atom. The van der Waals surface area contributed by atoms with E-state index in [9.17, 15) is 0 Å². The van der Waals surface area contributed by atoms with Gasteiger partial charge in [-0.05, 0) is 0 Å². The van der Waals surface area contributed by atoms with Crippen LogP contribution in [0, 0.1) is 0 Å². The first-order chi connectivity index (χ1) is 10.7. The Morgan fingerprint density at radius 2 is 1.32 bits per heavy atom. The van der Waals surface area contributed by atoms with E-state index in [0.717, 1.165) is 0 Å². The maximum absolute atomic E-state index is 4.26. The van der Waals surface area contributed by atoms with E-state index < -0.39 is 7.26 Å². The first kappa shape index (κ1) is 19.4. The number of unbranched alkanes of at least 4 members (excludes halogenated alkanes) is 3. The fraction of sp³-hybridized carbons (Fsp3) is 0.619. The van der Waals surface area contributed by atoms with Crippen molar-refractivity contribution in [2.24, 2.45) is 0 Å². The summed E-state index contributed by atoms with van der Waals surface area (Å²) in [5.74, 6) is 0. The quantitative estimate of drug-likeness (QED) is 0.285. The van der Waals surface area contributed by atoms with Gasteiger partial charge in [-0.2, -0.15) is 0 Å². The second kappa shape index (κ2) is 11.0. The fourth-order valence-corrected chi connectivity index (χ4v) is 10.1. The van der Waals surface area contributed by atoms with Gasteiger partial charge in [0.2, 0.25) is 0 Å². The Morgan fingerprint density at radius 1 is 0.864 bits per heavy atom. The molecule has 1 rings (SSSR count). The van der Waals surface area contributed by atoms with E-state index in [1.807, 2.05) is 0 Å². The van der Waals surface area contributed by atoms with Crippen molar-refractivity contribution >= 4 is 7.26 Å². The third kappa shape index (κ3) is 5.54. The summed E-state index contributed by atoms with van der Waals surface area (Å²) in [7, 11) is -1.35. The van der Waals surface area contributed by atoms with Crippen molar-refractivity contribution in [1.29, 1.82) is 0 Å². The van der Waals surface area contributed by atoms with Crippen LogP contribution in [0.15, 0.2) is 43.0 Å². The van der Waals surface area contributed by atoms with Crippen LogP contribution in [0.4, 0.5) is 0 Å². The molecule has 22 heavy (non-hydrogen) atoms. The van der Waals surface area contributed by atoms with Gasteiger partial charge in [0.1, 0.15) is 0 Å². The van der Waals surface area contributed by atoms with E-state index in [-0.39, 0.29) is 0 Å². The standard InChI is InChI=1S/C21H37P/c1-5-9-17-22(18-10-6-2,19-11-7-3)21(8-4)20-15-13-12-14-16-20/h8,12-16,21-22H,4-7,9-11,17-19H2,1-3H3. The van der Waals surface area contributed by atoms with Crippen LogP contribution in [0.3, 0.4) is 0 Å². The summed E-state index contributed by atoms with van der Waals surface area (Å²) in [6.45, 7) is 11.3. The van der Waals surface area contributed by atoms with Crippen LogP contribution in [-0.2, 0) is 0 Å². The van der Waals surface area contributed by atoms with Gasteiger partial charge in [0, 0.05) is 0 Å². The zero-order valence-corrected chi connectivity index (χ0v) is 16.1. The Labute approximate surface area is 139 Å². The third-order valence-corrected chi connectivity index (χ3v) is 11.1. The molecule has 0 aliphatic carbocycles. The molecule has 1 unspecified atom stereocenters. The summed E-state index contributed by atoms with van der Waals surface area (Å²) in [5, 5.41) is 0. The molecule has 0 saturated heterocycles. The SMILES string of the molecule is C=CC(c1ccccc1)[PH](CCCC)(CCCC)CCCC. The van der Waals surface area contributed by atoms with Gasteiger partial charge in [0.15, 0.2) is 0 Å². The summed E-state index contributed by atoms with van der Waals surface area (Å²) in [6, 6.07) is 11.2. The van der Waals surface area contributed by atoms with Crippen LogP contribution in [-0.4, -0.2) is 18.5 Å². The third-order valence-electron chi connectivity index (χ3n) is 5.14. The Bertz CT molecular complexity index is 374. The summed E-state index contributed by atoms with van der Waals surface area (Å²) in [4.78, 5) is 0. The summed E-state index contributed by atoms with van der Waals surface area (Å²) < 4.78 is 0. The molecule has 0 fully saturated rings. The summed E-state index contributed by atoms with van der Waals surface area (Å²) in [6.07, 6.45) is 14.9. The van der Waals surface area contributed by atoms with Crippen molar-refractivity contribution in [2.75, 3.05) is 18.5 Å². The topological polar surface area (TPSA) is 0 Å². The van der Waals surface area contributed by atoms with Crippen molar-refractivity contribution in [3.63, 3.8) is 0 Å². The number of hydrogen-bond donors (Lipinski definition) is 0. The molecule has 0 aromatic heterocycles. The molecule has 1 heteroatoms. The van der Waals surface area contributed by atoms with E-state index in [1.165, 1.54) is 62.6 Å². The zero-order chi connectivity index (χ0) is 16.3. The molecule has 0 spiro atoms. The van der Waals surface area contributed by atoms with E-state index >= 15 is 0 Å². The van der Waals surface area contributed by atoms with Crippen LogP contribution in [0.5, 0.6) is 0 Å².